The van der Waals surface area contributed by atoms with Crippen molar-refractivity contribution in [1.29, 1.82) is 0 Å². The van der Waals surface area contributed by atoms with Crippen molar-refractivity contribution in [3.05, 3.63) is 47.3 Å². The summed E-state index contributed by atoms with van der Waals surface area (Å²) < 4.78 is 29.7. The first kappa shape index (κ1) is 20.1. The van der Waals surface area contributed by atoms with Gasteiger partial charge in [-0.25, -0.2) is 8.42 Å². The largest absolute Gasteiger partial charge is 0.480 e. The number of hydrogen-bond donors (Lipinski definition) is 2. The summed E-state index contributed by atoms with van der Waals surface area (Å²) in [6, 6.07) is 7.66. The Bertz CT molecular complexity index is 873. The molecule has 2 N–H and O–H groups in total. The molecule has 2 rings (SSSR count). The quantitative estimate of drug-likeness (QED) is 0.732. The predicted molar refractivity (Wildman–Crippen MR) is 98.4 cm³/mol. The van der Waals surface area contributed by atoms with E-state index in [9.17, 15) is 18.3 Å². The number of nitrogens with one attached hydrogen (secondary N) is 1. The van der Waals surface area contributed by atoms with Gasteiger partial charge in [0.25, 0.3) is 0 Å². The van der Waals surface area contributed by atoms with Gasteiger partial charge in [-0.3, -0.25) is 9.48 Å². The number of benzene rings is 1. The number of nitrogens with zero attached hydrogens (tertiary/aromatic N) is 2. The third-order valence-electron chi connectivity index (χ3n) is 4.00. The third kappa shape index (κ3) is 4.70. The Hall–Kier alpha value is -2.19. The van der Waals surface area contributed by atoms with Crippen molar-refractivity contribution >= 4 is 16.0 Å². The fraction of sp³-hybridized carbons (Fsp3) is 0.444. The third-order valence-corrected chi connectivity index (χ3v) is 5.72. The summed E-state index contributed by atoms with van der Waals surface area (Å²) in [4.78, 5) is 11.6. The summed E-state index contributed by atoms with van der Waals surface area (Å²) >= 11 is 0. The molecule has 1 atom stereocenters. The van der Waals surface area contributed by atoms with Gasteiger partial charge in [0.2, 0.25) is 10.0 Å². The highest BCUT2D eigenvalue weighted by molar-refractivity contribution is 7.89. The van der Waals surface area contributed by atoms with E-state index in [0.717, 1.165) is 5.56 Å². The fourth-order valence-electron chi connectivity index (χ4n) is 2.87. The molecule has 8 heteroatoms. The highest BCUT2D eigenvalue weighted by Gasteiger charge is 2.30. The van der Waals surface area contributed by atoms with Crippen LogP contribution in [0.25, 0.3) is 0 Å². The van der Waals surface area contributed by atoms with Gasteiger partial charge < -0.3 is 5.11 Å². The van der Waals surface area contributed by atoms with E-state index in [0.29, 0.717) is 23.9 Å². The highest BCUT2D eigenvalue weighted by atomic mass is 32.2. The number of aryl methyl sites for hydroxylation is 1. The smallest absolute Gasteiger partial charge is 0.322 e. The normalized spacial score (nSPS) is 13.1. The molecule has 1 heterocycles. The van der Waals surface area contributed by atoms with Crippen molar-refractivity contribution in [2.45, 2.75) is 51.6 Å². The van der Waals surface area contributed by atoms with Crippen LogP contribution in [-0.2, 0) is 27.8 Å². The molecule has 0 fully saturated rings. The van der Waals surface area contributed by atoms with Crippen LogP contribution in [0.4, 0.5) is 0 Å². The zero-order valence-corrected chi connectivity index (χ0v) is 16.2. The molecule has 0 amide bonds. The standard InChI is InChI=1S/C18H25N3O4S/c1-12(2)11-21-14(4)17(13(3)19-21)26(24,25)20-16(18(22)23)10-15-8-6-5-7-9-15/h5-9,12,16,20H,10-11H2,1-4H3,(H,22,23)/t16-/m1/s1. The van der Waals surface area contributed by atoms with Crippen molar-refractivity contribution in [1.82, 2.24) is 14.5 Å². The molecule has 1 aromatic heterocycles. The van der Waals surface area contributed by atoms with Gasteiger partial charge in [-0.15, -0.1) is 0 Å². The molecule has 0 unspecified atom stereocenters. The van der Waals surface area contributed by atoms with Gasteiger partial charge in [0.05, 0.1) is 11.4 Å². The van der Waals surface area contributed by atoms with Gasteiger partial charge in [-0.05, 0) is 31.7 Å². The Morgan fingerprint density at radius 2 is 1.85 bits per heavy atom. The van der Waals surface area contributed by atoms with E-state index < -0.39 is 22.0 Å². The van der Waals surface area contributed by atoms with Crippen molar-refractivity contribution in [2.24, 2.45) is 5.92 Å². The molecular weight excluding hydrogens is 354 g/mol. The topological polar surface area (TPSA) is 101 Å². The Kier molecular flexibility index (Phi) is 6.20. The number of rotatable bonds is 8. The van der Waals surface area contributed by atoms with Crippen molar-refractivity contribution in [2.75, 3.05) is 0 Å². The number of carboxylic acids is 1. The molecule has 0 bridgehead atoms. The maximum atomic E-state index is 12.9. The van der Waals surface area contributed by atoms with Crippen LogP contribution in [0.5, 0.6) is 0 Å². The van der Waals surface area contributed by atoms with Crippen LogP contribution in [0.3, 0.4) is 0 Å². The monoisotopic (exact) mass is 379 g/mol. The van der Waals surface area contributed by atoms with E-state index >= 15 is 0 Å². The first-order valence-corrected chi connectivity index (χ1v) is 9.93. The van der Waals surface area contributed by atoms with Crippen LogP contribution in [0.15, 0.2) is 35.2 Å². The molecule has 0 saturated carbocycles. The predicted octanol–water partition coefficient (Wildman–Crippen LogP) is 2.13. The maximum absolute atomic E-state index is 12.9. The van der Waals surface area contributed by atoms with Crippen LogP contribution in [0, 0.1) is 19.8 Å². The number of sulfonamides is 1. The lowest BCUT2D eigenvalue weighted by atomic mass is 10.1. The molecule has 2 aromatic rings. The van der Waals surface area contributed by atoms with Crippen LogP contribution < -0.4 is 4.72 Å². The van der Waals surface area contributed by atoms with Gasteiger partial charge in [-0.1, -0.05) is 44.2 Å². The first-order chi connectivity index (χ1) is 12.1. The van der Waals surface area contributed by atoms with E-state index in [-0.39, 0.29) is 11.3 Å². The molecule has 0 spiro atoms. The Labute approximate surface area is 154 Å². The molecule has 142 valence electrons. The second-order valence-electron chi connectivity index (χ2n) is 6.78. The van der Waals surface area contributed by atoms with E-state index in [1.807, 2.05) is 19.9 Å². The van der Waals surface area contributed by atoms with Crippen LogP contribution in [0.2, 0.25) is 0 Å². The Morgan fingerprint density at radius 1 is 1.23 bits per heavy atom. The lowest BCUT2D eigenvalue weighted by molar-refractivity contribution is -0.138. The Balaban J connectivity index is 2.31. The zero-order valence-electron chi connectivity index (χ0n) is 15.4. The van der Waals surface area contributed by atoms with Crippen molar-refractivity contribution < 1.29 is 18.3 Å². The van der Waals surface area contributed by atoms with Crippen LogP contribution in [0.1, 0.15) is 30.8 Å². The Morgan fingerprint density at radius 3 is 2.38 bits per heavy atom. The van der Waals surface area contributed by atoms with E-state index in [1.165, 1.54) is 0 Å². The minimum Gasteiger partial charge on any atom is -0.480 e. The molecule has 0 aliphatic rings. The van der Waals surface area contributed by atoms with E-state index in [1.54, 1.807) is 42.8 Å². The first-order valence-electron chi connectivity index (χ1n) is 8.45. The molecule has 7 nitrogen and oxygen atoms in total. The minimum absolute atomic E-state index is 0.0532. The number of carboxylic acid groups (broad SMARTS) is 1. The fourth-order valence-corrected chi connectivity index (χ4v) is 4.47. The highest BCUT2D eigenvalue weighted by Crippen LogP contribution is 2.21. The molecule has 0 aliphatic carbocycles. The lowest BCUT2D eigenvalue weighted by Crippen LogP contribution is -2.42. The molecule has 0 saturated heterocycles. The minimum atomic E-state index is -4.02. The summed E-state index contributed by atoms with van der Waals surface area (Å²) in [5.41, 5.74) is 1.61. The average Bonchev–Trinajstić information content (AvgIpc) is 2.81. The molecule has 0 aliphatic heterocycles. The molecule has 0 radical (unpaired) electrons. The van der Waals surface area contributed by atoms with Crippen LogP contribution in [-0.4, -0.2) is 35.3 Å². The summed E-state index contributed by atoms with van der Waals surface area (Å²) in [6.45, 7) is 7.93. The number of carbonyl (C=O) groups is 1. The summed E-state index contributed by atoms with van der Waals surface area (Å²) in [7, 11) is -4.02. The average molecular weight is 379 g/mol. The number of hydrogen-bond acceptors (Lipinski definition) is 4. The lowest BCUT2D eigenvalue weighted by Gasteiger charge is -2.15. The van der Waals surface area contributed by atoms with E-state index in [4.69, 9.17) is 0 Å². The number of aliphatic carboxylic acids is 1. The van der Waals surface area contributed by atoms with Gasteiger partial charge >= 0.3 is 5.97 Å². The number of aromatic nitrogens is 2. The second kappa shape index (κ2) is 8.01. The zero-order chi connectivity index (χ0) is 19.5. The second-order valence-corrected chi connectivity index (χ2v) is 8.43. The maximum Gasteiger partial charge on any atom is 0.322 e. The molecular formula is C18H25N3O4S. The molecule has 26 heavy (non-hydrogen) atoms. The van der Waals surface area contributed by atoms with Gasteiger partial charge in [-0.2, -0.15) is 9.82 Å². The SMILES string of the molecule is Cc1nn(CC(C)C)c(C)c1S(=O)(=O)N[C@H](Cc1ccccc1)C(=O)O. The van der Waals surface area contributed by atoms with Gasteiger partial charge in [0.15, 0.2) is 0 Å². The molecule has 1 aromatic carbocycles. The van der Waals surface area contributed by atoms with Crippen molar-refractivity contribution in [3.8, 4) is 0 Å². The van der Waals surface area contributed by atoms with Crippen molar-refractivity contribution in [3.63, 3.8) is 0 Å². The van der Waals surface area contributed by atoms with E-state index in [2.05, 4.69) is 9.82 Å². The summed E-state index contributed by atoms with van der Waals surface area (Å²) in [5.74, 6) is -0.913. The van der Waals surface area contributed by atoms with Gasteiger partial charge in [0, 0.05) is 6.54 Å². The summed E-state index contributed by atoms with van der Waals surface area (Å²) in [5, 5.41) is 13.8. The summed E-state index contributed by atoms with van der Waals surface area (Å²) in [6.07, 6.45) is 0.0631. The van der Waals surface area contributed by atoms with Gasteiger partial charge in [0.1, 0.15) is 10.9 Å². The van der Waals surface area contributed by atoms with Crippen LogP contribution >= 0.6 is 0 Å².